The Labute approximate surface area is 189 Å². The molecule has 8 heteroatoms. The second kappa shape index (κ2) is 8.80. The number of urea groups is 1. The van der Waals surface area contributed by atoms with Gasteiger partial charge in [0.2, 0.25) is 5.91 Å². The van der Waals surface area contributed by atoms with Crippen LogP contribution in [0.15, 0.2) is 78.9 Å². The molecule has 162 valence electrons. The molecule has 1 aliphatic rings. The molecule has 0 aromatic heterocycles. The summed E-state index contributed by atoms with van der Waals surface area (Å²) in [7, 11) is 0. The number of benzene rings is 3. The number of anilines is 1. The number of nitrogens with one attached hydrogen (secondary N) is 2. The van der Waals surface area contributed by atoms with Gasteiger partial charge >= 0.3 is 6.03 Å². The molecule has 32 heavy (non-hydrogen) atoms. The van der Waals surface area contributed by atoms with E-state index in [1.807, 2.05) is 36.4 Å². The number of amides is 4. The highest BCUT2D eigenvalue weighted by Crippen LogP contribution is 2.33. The molecule has 1 fully saturated rings. The Balaban J connectivity index is 1.59. The average Bonchev–Trinajstić information content (AvgIpc) is 3.02. The molecule has 3 aromatic carbocycles. The van der Waals surface area contributed by atoms with Gasteiger partial charge in [0.05, 0.1) is 5.02 Å². The van der Waals surface area contributed by atoms with E-state index in [1.54, 1.807) is 24.3 Å². The molecule has 0 spiro atoms. The van der Waals surface area contributed by atoms with Gasteiger partial charge in [-0.25, -0.2) is 9.18 Å². The van der Waals surface area contributed by atoms with Crippen LogP contribution in [0.5, 0.6) is 0 Å². The monoisotopic (exact) mass is 451 g/mol. The average molecular weight is 452 g/mol. The Hall–Kier alpha value is -3.71. The van der Waals surface area contributed by atoms with Crippen molar-refractivity contribution in [1.29, 1.82) is 0 Å². The van der Waals surface area contributed by atoms with Gasteiger partial charge in [0.1, 0.15) is 12.4 Å². The van der Waals surface area contributed by atoms with Crippen molar-refractivity contribution >= 4 is 35.1 Å². The van der Waals surface area contributed by atoms with Crippen LogP contribution in [0, 0.1) is 5.82 Å². The maximum Gasteiger partial charge on any atom is 0.325 e. The minimum atomic E-state index is -1.33. The highest BCUT2D eigenvalue weighted by atomic mass is 35.5. The van der Waals surface area contributed by atoms with Crippen LogP contribution >= 0.6 is 11.6 Å². The van der Waals surface area contributed by atoms with Gasteiger partial charge in [0.15, 0.2) is 5.54 Å². The smallest absolute Gasteiger partial charge is 0.324 e. The van der Waals surface area contributed by atoms with E-state index in [0.29, 0.717) is 5.56 Å². The normalized spacial score (nSPS) is 17.9. The Morgan fingerprint density at radius 1 is 1.00 bits per heavy atom. The second-order valence-electron chi connectivity index (χ2n) is 7.43. The highest BCUT2D eigenvalue weighted by Gasteiger charge is 2.52. The van der Waals surface area contributed by atoms with Gasteiger partial charge in [-0.05, 0) is 29.3 Å². The Morgan fingerprint density at radius 2 is 1.66 bits per heavy atom. The number of hydrogen-bond acceptors (Lipinski definition) is 3. The number of carbonyl (C=O) groups is 3. The topological polar surface area (TPSA) is 78.5 Å². The molecule has 4 amide bonds. The summed E-state index contributed by atoms with van der Waals surface area (Å²) in [5.41, 5.74) is 0.402. The lowest BCUT2D eigenvalue weighted by Crippen LogP contribution is -2.46. The molecule has 3 aromatic rings. The zero-order valence-electron chi connectivity index (χ0n) is 16.8. The summed E-state index contributed by atoms with van der Waals surface area (Å²) in [6.07, 6.45) is 0.230. The molecule has 0 bridgehead atoms. The minimum absolute atomic E-state index is 0.149. The van der Waals surface area contributed by atoms with Gasteiger partial charge in [0, 0.05) is 12.1 Å². The van der Waals surface area contributed by atoms with E-state index < -0.39 is 35.7 Å². The van der Waals surface area contributed by atoms with Crippen molar-refractivity contribution in [3.05, 3.63) is 101 Å². The number of nitrogens with zero attached hydrogens (tertiary/aromatic N) is 1. The lowest BCUT2D eigenvalue weighted by molar-refractivity contribution is -0.134. The summed E-state index contributed by atoms with van der Waals surface area (Å²) >= 11 is 5.74. The molecule has 1 atom stereocenters. The first kappa shape index (κ1) is 21.5. The molecular weight excluding hydrogens is 433 g/mol. The summed E-state index contributed by atoms with van der Waals surface area (Å²) in [6, 6.07) is 21.3. The first-order valence-electron chi connectivity index (χ1n) is 9.87. The molecule has 0 aliphatic carbocycles. The number of carbonyl (C=O) groups excluding carboxylic acids is 3. The maximum absolute atomic E-state index is 13.5. The quantitative estimate of drug-likeness (QED) is 0.554. The fourth-order valence-electron chi connectivity index (χ4n) is 3.73. The highest BCUT2D eigenvalue weighted by molar-refractivity contribution is 6.31. The largest absolute Gasteiger partial charge is 0.325 e. The van der Waals surface area contributed by atoms with Crippen LogP contribution in [-0.2, 0) is 21.5 Å². The van der Waals surface area contributed by atoms with E-state index in [2.05, 4.69) is 10.6 Å². The third-order valence-corrected chi connectivity index (χ3v) is 5.55. The molecule has 0 unspecified atom stereocenters. The van der Waals surface area contributed by atoms with Gasteiger partial charge in [-0.3, -0.25) is 14.5 Å². The van der Waals surface area contributed by atoms with Crippen LogP contribution in [0.4, 0.5) is 14.9 Å². The Morgan fingerprint density at radius 3 is 2.31 bits per heavy atom. The predicted octanol–water partition coefficient (Wildman–Crippen LogP) is 4.11. The summed E-state index contributed by atoms with van der Waals surface area (Å²) in [5, 5.41) is 5.19. The molecule has 1 saturated heterocycles. The van der Waals surface area contributed by atoms with Crippen molar-refractivity contribution in [2.45, 2.75) is 12.0 Å². The lowest BCUT2D eigenvalue weighted by Gasteiger charge is -2.27. The zero-order chi connectivity index (χ0) is 22.7. The molecule has 0 saturated carbocycles. The molecule has 4 rings (SSSR count). The summed E-state index contributed by atoms with van der Waals surface area (Å²) in [6.45, 7) is -0.497. The van der Waals surface area contributed by atoms with Crippen molar-refractivity contribution in [2.24, 2.45) is 0 Å². The van der Waals surface area contributed by atoms with E-state index in [1.165, 1.54) is 12.1 Å². The maximum atomic E-state index is 13.5. The van der Waals surface area contributed by atoms with Gasteiger partial charge in [-0.15, -0.1) is 0 Å². The van der Waals surface area contributed by atoms with Crippen molar-refractivity contribution < 1.29 is 18.8 Å². The second-order valence-corrected chi connectivity index (χ2v) is 7.84. The van der Waals surface area contributed by atoms with E-state index in [0.717, 1.165) is 16.5 Å². The number of rotatable bonds is 6. The van der Waals surface area contributed by atoms with Crippen molar-refractivity contribution in [2.75, 3.05) is 11.9 Å². The van der Waals surface area contributed by atoms with Crippen LogP contribution in [-0.4, -0.2) is 29.3 Å². The van der Waals surface area contributed by atoms with E-state index in [4.69, 9.17) is 11.6 Å². The Bertz CT molecular complexity index is 1170. The van der Waals surface area contributed by atoms with Crippen LogP contribution < -0.4 is 10.6 Å². The van der Waals surface area contributed by atoms with E-state index in [9.17, 15) is 18.8 Å². The SMILES string of the molecule is O=C(CN1C(=O)N[C@@](Cc2ccccc2)(c2ccccc2)C1=O)Nc1ccc(F)c(Cl)c1. The Kier molecular flexibility index (Phi) is 5.92. The van der Waals surface area contributed by atoms with E-state index in [-0.39, 0.29) is 17.1 Å². The zero-order valence-corrected chi connectivity index (χ0v) is 17.6. The molecular formula is C24H19ClFN3O3. The summed E-state index contributed by atoms with van der Waals surface area (Å²) in [5.74, 6) is -1.75. The molecule has 1 aliphatic heterocycles. The first-order valence-corrected chi connectivity index (χ1v) is 10.3. The van der Waals surface area contributed by atoms with Crippen LogP contribution in [0.3, 0.4) is 0 Å². The fraction of sp³-hybridized carbons (Fsp3) is 0.125. The van der Waals surface area contributed by atoms with Crippen molar-refractivity contribution in [3.8, 4) is 0 Å². The number of hydrogen-bond donors (Lipinski definition) is 2. The summed E-state index contributed by atoms with van der Waals surface area (Å²) < 4.78 is 13.3. The predicted molar refractivity (Wildman–Crippen MR) is 119 cm³/mol. The molecule has 6 nitrogen and oxygen atoms in total. The van der Waals surface area contributed by atoms with Gasteiger partial charge < -0.3 is 10.6 Å². The van der Waals surface area contributed by atoms with Gasteiger partial charge in [-0.1, -0.05) is 72.3 Å². The minimum Gasteiger partial charge on any atom is -0.324 e. The van der Waals surface area contributed by atoms with Crippen LogP contribution in [0.25, 0.3) is 0 Å². The van der Waals surface area contributed by atoms with Gasteiger partial charge in [0.25, 0.3) is 5.91 Å². The third kappa shape index (κ3) is 4.20. The van der Waals surface area contributed by atoms with Crippen molar-refractivity contribution in [1.82, 2.24) is 10.2 Å². The molecule has 2 N–H and O–H groups in total. The number of halogens is 2. The van der Waals surface area contributed by atoms with Gasteiger partial charge in [-0.2, -0.15) is 0 Å². The fourth-order valence-corrected chi connectivity index (χ4v) is 3.91. The summed E-state index contributed by atoms with van der Waals surface area (Å²) in [4.78, 5) is 39.7. The molecule has 0 radical (unpaired) electrons. The standard InChI is InChI=1S/C24H19ClFN3O3/c25-19-13-18(11-12-20(19)26)27-21(30)15-29-22(31)24(28-23(29)32,17-9-5-2-6-10-17)14-16-7-3-1-4-8-16/h1-13H,14-15H2,(H,27,30)(H,28,32)/t24-/m0/s1. The molecule has 1 heterocycles. The lowest BCUT2D eigenvalue weighted by atomic mass is 9.83. The number of imide groups is 1. The van der Waals surface area contributed by atoms with Crippen LogP contribution in [0.2, 0.25) is 5.02 Å². The van der Waals surface area contributed by atoms with Crippen LogP contribution in [0.1, 0.15) is 11.1 Å². The third-order valence-electron chi connectivity index (χ3n) is 5.26. The van der Waals surface area contributed by atoms with E-state index >= 15 is 0 Å². The van der Waals surface area contributed by atoms with Crippen molar-refractivity contribution in [3.63, 3.8) is 0 Å². The first-order chi connectivity index (χ1) is 15.4.